The van der Waals surface area contributed by atoms with Crippen LogP contribution in [0.2, 0.25) is 0 Å². The number of thiol groups is 1. The van der Waals surface area contributed by atoms with Crippen molar-refractivity contribution in [2.45, 2.75) is 19.3 Å². The fourth-order valence-corrected chi connectivity index (χ4v) is 2.26. The van der Waals surface area contributed by atoms with Gasteiger partial charge in [0.2, 0.25) is 0 Å². The minimum absolute atomic E-state index is 0.134. The van der Waals surface area contributed by atoms with E-state index in [1.165, 1.54) is 0 Å². The van der Waals surface area contributed by atoms with Crippen LogP contribution in [0.1, 0.15) is 24.8 Å². The number of ether oxygens (including phenoxy) is 1. The third kappa shape index (κ3) is 2.36. The van der Waals surface area contributed by atoms with Crippen LogP contribution >= 0.6 is 19.5 Å². The highest BCUT2D eigenvalue weighted by Gasteiger charge is 2.25. The third-order valence-corrected chi connectivity index (χ3v) is 3.01. The van der Waals surface area contributed by atoms with Crippen LogP contribution in [-0.2, 0) is 9.36 Å². The third-order valence-electron chi connectivity index (χ3n) is 2.40. The number of hydrogen-bond acceptors (Lipinski definition) is 4. The molecule has 0 saturated carbocycles. The van der Waals surface area contributed by atoms with Gasteiger partial charge in [-0.3, -0.25) is 4.79 Å². The van der Waals surface area contributed by atoms with Gasteiger partial charge in [0.1, 0.15) is 5.75 Å². The molecule has 0 radical (unpaired) electrons. The van der Waals surface area contributed by atoms with E-state index < -0.39 is 7.23 Å². The molecule has 1 aliphatic heterocycles. The van der Waals surface area contributed by atoms with Crippen molar-refractivity contribution in [1.82, 2.24) is 0 Å². The zero-order valence-corrected chi connectivity index (χ0v) is 10.3. The number of esters is 1. The molecule has 0 fully saturated rings. The fraction of sp³-hybridized carbons (Fsp3) is 0.300. The molecule has 0 amide bonds. The SMILES string of the molecule is CC1CC(=O)Oc2cc(O[P+](=O)S)ccc21. The van der Waals surface area contributed by atoms with Crippen LogP contribution in [0.25, 0.3) is 0 Å². The maximum atomic E-state index is 11.2. The van der Waals surface area contributed by atoms with Gasteiger partial charge in [0.25, 0.3) is 0 Å². The lowest BCUT2D eigenvalue weighted by atomic mass is 9.95. The molecule has 0 saturated heterocycles. The molecule has 1 aromatic carbocycles. The number of hydrogen-bond donors (Lipinski definition) is 1. The zero-order valence-electron chi connectivity index (χ0n) is 8.54. The molecule has 2 unspecified atom stereocenters. The highest BCUT2D eigenvalue weighted by atomic mass is 32.7. The average molecular weight is 257 g/mol. The number of benzene rings is 1. The van der Waals surface area contributed by atoms with Gasteiger partial charge in [-0.2, -0.15) is 0 Å². The standard InChI is InChI=1S/C10H9O4PS/c1-6-4-10(11)13-9-5-7(14-15(12)16)2-3-8(6)9/h2-3,5-6H,4H2,1H3/p+1. The van der Waals surface area contributed by atoms with Gasteiger partial charge >= 0.3 is 13.2 Å². The van der Waals surface area contributed by atoms with E-state index in [0.717, 1.165) is 5.56 Å². The number of fused-ring (bicyclic) bond motifs is 1. The first kappa shape index (κ1) is 11.4. The van der Waals surface area contributed by atoms with E-state index in [1.54, 1.807) is 12.1 Å². The fourth-order valence-electron chi connectivity index (χ4n) is 1.68. The van der Waals surface area contributed by atoms with Gasteiger partial charge < -0.3 is 4.74 Å². The van der Waals surface area contributed by atoms with Gasteiger partial charge in [0, 0.05) is 6.07 Å². The van der Waals surface area contributed by atoms with Gasteiger partial charge in [-0.15, -0.1) is 0 Å². The van der Waals surface area contributed by atoms with Crippen LogP contribution in [0.3, 0.4) is 0 Å². The lowest BCUT2D eigenvalue weighted by molar-refractivity contribution is -0.135. The molecule has 84 valence electrons. The molecular formula is C10H10O4PS+. The van der Waals surface area contributed by atoms with E-state index in [1.807, 2.05) is 13.0 Å². The van der Waals surface area contributed by atoms with Crippen LogP contribution in [0.5, 0.6) is 11.5 Å². The van der Waals surface area contributed by atoms with Gasteiger partial charge in [-0.1, -0.05) is 13.0 Å². The Morgan fingerprint density at radius 1 is 1.56 bits per heavy atom. The van der Waals surface area contributed by atoms with Crippen LogP contribution in [0, 0.1) is 0 Å². The van der Waals surface area contributed by atoms with Crippen molar-refractivity contribution in [1.29, 1.82) is 0 Å². The molecule has 16 heavy (non-hydrogen) atoms. The van der Waals surface area contributed by atoms with E-state index in [0.29, 0.717) is 17.9 Å². The Morgan fingerprint density at radius 2 is 2.31 bits per heavy atom. The van der Waals surface area contributed by atoms with Crippen molar-refractivity contribution in [2.75, 3.05) is 0 Å². The monoisotopic (exact) mass is 257 g/mol. The van der Waals surface area contributed by atoms with Crippen molar-refractivity contribution >= 4 is 25.4 Å². The maximum absolute atomic E-state index is 11.2. The van der Waals surface area contributed by atoms with Crippen LogP contribution < -0.4 is 9.26 Å². The first-order chi connectivity index (χ1) is 7.56. The Labute approximate surface area is 99.0 Å². The Bertz CT molecular complexity index is 460. The van der Waals surface area contributed by atoms with Crippen molar-refractivity contribution in [3.8, 4) is 11.5 Å². The molecule has 0 aromatic heterocycles. The molecule has 0 spiro atoms. The van der Waals surface area contributed by atoms with E-state index in [9.17, 15) is 9.36 Å². The second-order valence-corrected chi connectivity index (χ2v) is 5.25. The highest BCUT2D eigenvalue weighted by molar-refractivity contribution is 8.39. The Morgan fingerprint density at radius 3 is 3.00 bits per heavy atom. The molecule has 2 atom stereocenters. The quantitative estimate of drug-likeness (QED) is 0.383. The first-order valence-electron chi connectivity index (χ1n) is 4.75. The molecule has 4 nitrogen and oxygen atoms in total. The van der Waals surface area contributed by atoms with Crippen LogP contribution in [0.15, 0.2) is 18.2 Å². The lowest BCUT2D eigenvalue weighted by Crippen LogP contribution is -2.18. The molecule has 1 aromatic rings. The second-order valence-electron chi connectivity index (χ2n) is 3.61. The molecule has 1 aliphatic rings. The summed E-state index contributed by atoms with van der Waals surface area (Å²) < 4.78 is 20.8. The Hall–Kier alpha value is -1.06. The lowest BCUT2D eigenvalue weighted by Gasteiger charge is -2.20. The van der Waals surface area contributed by atoms with E-state index in [2.05, 4.69) is 12.2 Å². The predicted molar refractivity (Wildman–Crippen MR) is 62.3 cm³/mol. The predicted octanol–water partition coefficient (Wildman–Crippen LogP) is 3.07. The average Bonchev–Trinajstić information content (AvgIpc) is 2.15. The first-order valence-corrected chi connectivity index (χ1v) is 7.08. The van der Waals surface area contributed by atoms with E-state index >= 15 is 0 Å². The van der Waals surface area contributed by atoms with E-state index in [-0.39, 0.29) is 11.9 Å². The summed E-state index contributed by atoms with van der Waals surface area (Å²) in [5.74, 6) is 0.741. The summed E-state index contributed by atoms with van der Waals surface area (Å²) in [5.41, 5.74) is 0.960. The summed E-state index contributed by atoms with van der Waals surface area (Å²) in [6.07, 6.45) is 0.383. The maximum Gasteiger partial charge on any atom is 0.631 e. The number of carbonyl (C=O) groups excluding carboxylic acids is 1. The highest BCUT2D eigenvalue weighted by Crippen LogP contribution is 2.39. The minimum Gasteiger partial charge on any atom is -0.426 e. The molecule has 0 N–H and O–H groups in total. The summed E-state index contributed by atoms with van der Waals surface area (Å²) in [4.78, 5) is 11.2. The number of carbonyl (C=O) groups is 1. The van der Waals surface area contributed by atoms with Crippen LogP contribution in [-0.4, -0.2) is 5.97 Å². The van der Waals surface area contributed by atoms with Crippen molar-refractivity contribution in [3.63, 3.8) is 0 Å². The molecule has 2 rings (SSSR count). The topological polar surface area (TPSA) is 52.6 Å². The minimum atomic E-state index is -2.01. The molecule has 0 aliphatic carbocycles. The Balaban J connectivity index is 2.34. The smallest absolute Gasteiger partial charge is 0.426 e. The Kier molecular flexibility index (Phi) is 3.17. The van der Waals surface area contributed by atoms with E-state index in [4.69, 9.17) is 9.26 Å². The summed E-state index contributed by atoms with van der Waals surface area (Å²) in [6.45, 7) is 1.96. The summed E-state index contributed by atoms with van der Waals surface area (Å²) >= 11 is 3.65. The molecule has 1 heterocycles. The van der Waals surface area contributed by atoms with Crippen molar-refractivity contribution < 1.29 is 18.6 Å². The normalized spacial score (nSPS) is 19.8. The summed E-state index contributed by atoms with van der Waals surface area (Å²) in [7, 11) is -2.01. The summed E-state index contributed by atoms with van der Waals surface area (Å²) in [6, 6.07) is 5.07. The largest absolute Gasteiger partial charge is 0.631 e. The number of rotatable bonds is 2. The van der Waals surface area contributed by atoms with Crippen LogP contribution in [0.4, 0.5) is 0 Å². The summed E-state index contributed by atoms with van der Waals surface area (Å²) in [5, 5.41) is 0. The zero-order chi connectivity index (χ0) is 11.7. The van der Waals surface area contributed by atoms with Gasteiger partial charge in [-0.25, -0.2) is 4.52 Å². The van der Waals surface area contributed by atoms with Gasteiger partial charge in [0.15, 0.2) is 18.0 Å². The van der Waals surface area contributed by atoms with Gasteiger partial charge in [-0.05, 0) is 22.1 Å². The second kappa shape index (κ2) is 4.44. The van der Waals surface area contributed by atoms with Crippen molar-refractivity contribution in [3.05, 3.63) is 23.8 Å². The molecule has 0 bridgehead atoms. The molecular weight excluding hydrogens is 247 g/mol. The van der Waals surface area contributed by atoms with Crippen molar-refractivity contribution in [2.24, 2.45) is 0 Å². The molecule has 6 heteroatoms. The van der Waals surface area contributed by atoms with Gasteiger partial charge in [0.05, 0.1) is 6.42 Å².